The van der Waals surface area contributed by atoms with Crippen LogP contribution in [0.3, 0.4) is 0 Å². The van der Waals surface area contributed by atoms with Gasteiger partial charge >= 0.3 is 0 Å². The Kier molecular flexibility index (Phi) is 4.95. The van der Waals surface area contributed by atoms with Gasteiger partial charge < -0.3 is 21.1 Å². The largest absolute Gasteiger partial charge is 0.381 e. The Labute approximate surface area is 160 Å². The third-order valence-corrected chi connectivity index (χ3v) is 6.70. The van der Waals surface area contributed by atoms with E-state index in [0.29, 0.717) is 31.7 Å². The molecule has 2 fully saturated rings. The molecule has 0 radical (unpaired) electrons. The van der Waals surface area contributed by atoms with Gasteiger partial charge in [0.1, 0.15) is 0 Å². The van der Waals surface area contributed by atoms with Crippen molar-refractivity contribution in [1.82, 2.24) is 0 Å². The molecule has 3 aliphatic rings. The van der Waals surface area contributed by atoms with Gasteiger partial charge in [-0.3, -0.25) is 9.59 Å². The Bertz CT molecular complexity index is 734. The van der Waals surface area contributed by atoms with Crippen molar-refractivity contribution in [3.05, 3.63) is 23.8 Å². The number of benzene rings is 1. The molecule has 1 atom stereocenters. The number of hydrogen-bond acceptors (Lipinski definition) is 4. The number of fused-ring (bicyclic) bond motifs is 2. The van der Waals surface area contributed by atoms with Gasteiger partial charge in [-0.15, -0.1) is 0 Å². The van der Waals surface area contributed by atoms with Crippen molar-refractivity contribution in [2.75, 3.05) is 23.8 Å². The summed E-state index contributed by atoms with van der Waals surface area (Å²) in [5, 5.41) is 5.94. The first-order valence-electron chi connectivity index (χ1n) is 10.1. The highest BCUT2D eigenvalue weighted by molar-refractivity contribution is 6.07. The zero-order valence-corrected chi connectivity index (χ0v) is 15.9. The average molecular weight is 371 g/mol. The molecule has 27 heavy (non-hydrogen) atoms. The Balaban J connectivity index is 1.46. The molecule has 146 valence electrons. The first kappa shape index (κ1) is 18.4. The Hall–Kier alpha value is -1.92. The molecule has 1 aliphatic carbocycles. The molecule has 2 heterocycles. The number of anilines is 2. The first-order valence-corrected chi connectivity index (χ1v) is 10.1. The van der Waals surface area contributed by atoms with Crippen molar-refractivity contribution in [3.63, 3.8) is 0 Å². The second kappa shape index (κ2) is 7.24. The van der Waals surface area contributed by atoms with Crippen LogP contribution in [0, 0.1) is 11.8 Å². The van der Waals surface area contributed by atoms with Crippen molar-refractivity contribution in [1.29, 1.82) is 0 Å². The number of carbonyl (C=O) groups excluding carboxylic acids is 2. The van der Waals surface area contributed by atoms with Gasteiger partial charge in [0, 0.05) is 24.6 Å². The summed E-state index contributed by atoms with van der Waals surface area (Å²) < 4.78 is 5.44. The highest BCUT2D eigenvalue weighted by atomic mass is 16.5. The summed E-state index contributed by atoms with van der Waals surface area (Å²) in [7, 11) is 0. The maximum absolute atomic E-state index is 12.6. The fourth-order valence-corrected chi connectivity index (χ4v) is 4.81. The zero-order valence-electron chi connectivity index (χ0n) is 15.9. The van der Waals surface area contributed by atoms with E-state index in [9.17, 15) is 9.59 Å². The van der Waals surface area contributed by atoms with E-state index in [4.69, 9.17) is 10.5 Å². The summed E-state index contributed by atoms with van der Waals surface area (Å²) in [5.41, 5.74) is 8.24. The standard InChI is InChI=1S/C21H29N3O3/c1-13-2-4-14(5-3-13)18(22)19(25)23-15-6-7-16-17(12-15)24-20(26)21(16)8-10-27-11-9-21/h6-7,12-14,18H,2-5,8-11,22H2,1H3,(H,23,25)(H,24,26)/t13?,14?,18-/m0/s1. The van der Waals surface area contributed by atoms with E-state index >= 15 is 0 Å². The minimum Gasteiger partial charge on any atom is -0.381 e. The third-order valence-electron chi connectivity index (χ3n) is 6.70. The highest BCUT2D eigenvalue weighted by Gasteiger charge is 2.47. The van der Waals surface area contributed by atoms with Gasteiger partial charge in [-0.05, 0) is 55.2 Å². The number of amides is 2. The maximum atomic E-state index is 12.6. The second-order valence-corrected chi connectivity index (χ2v) is 8.44. The van der Waals surface area contributed by atoms with E-state index in [1.807, 2.05) is 18.2 Å². The molecule has 4 rings (SSSR count). The van der Waals surface area contributed by atoms with Crippen LogP contribution >= 0.6 is 0 Å². The fourth-order valence-electron chi connectivity index (χ4n) is 4.81. The van der Waals surface area contributed by atoms with Gasteiger partial charge in [0.05, 0.1) is 11.5 Å². The van der Waals surface area contributed by atoms with Gasteiger partial charge in [0.15, 0.2) is 0 Å². The Morgan fingerprint density at radius 3 is 2.67 bits per heavy atom. The van der Waals surface area contributed by atoms with E-state index < -0.39 is 11.5 Å². The Morgan fingerprint density at radius 1 is 1.26 bits per heavy atom. The number of nitrogens with one attached hydrogen (secondary N) is 2. The number of rotatable bonds is 3. The maximum Gasteiger partial charge on any atom is 0.241 e. The van der Waals surface area contributed by atoms with E-state index in [1.165, 1.54) is 0 Å². The summed E-state index contributed by atoms with van der Waals surface area (Å²) >= 11 is 0. The van der Waals surface area contributed by atoms with Crippen molar-refractivity contribution in [2.45, 2.75) is 56.9 Å². The van der Waals surface area contributed by atoms with Crippen LogP contribution in [0.2, 0.25) is 0 Å². The van der Waals surface area contributed by atoms with Crippen LogP contribution in [0.5, 0.6) is 0 Å². The van der Waals surface area contributed by atoms with E-state index in [0.717, 1.165) is 42.9 Å². The van der Waals surface area contributed by atoms with Gasteiger partial charge in [0.2, 0.25) is 11.8 Å². The highest BCUT2D eigenvalue weighted by Crippen LogP contribution is 2.45. The van der Waals surface area contributed by atoms with Crippen molar-refractivity contribution >= 4 is 23.2 Å². The lowest BCUT2D eigenvalue weighted by Gasteiger charge is -2.31. The SMILES string of the molecule is CC1CCC([C@H](N)C(=O)Nc2ccc3c(c2)NC(=O)C32CCOCC2)CC1. The van der Waals surface area contributed by atoms with Crippen LogP contribution in [-0.4, -0.2) is 31.1 Å². The minimum absolute atomic E-state index is 0.0392. The molecular formula is C21H29N3O3. The van der Waals surface area contributed by atoms with Gasteiger partial charge in [-0.2, -0.15) is 0 Å². The van der Waals surface area contributed by atoms with Crippen LogP contribution in [-0.2, 0) is 19.7 Å². The molecule has 6 heteroatoms. The third kappa shape index (κ3) is 3.36. The van der Waals surface area contributed by atoms with Crippen LogP contribution < -0.4 is 16.4 Å². The lowest BCUT2D eigenvalue weighted by Crippen LogP contribution is -2.43. The zero-order chi connectivity index (χ0) is 19.0. The van der Waals surface area contributed by atoms with Crippen LogP contribution in [0.1, 0.15) is 51.0 Å². The van der Waals surface area contributed by atoms with E-state index in [2.05, 4.69) is 17.6 Å². The molecule has 0 unspecified atom stereocenters. The minimum atomic E-state index is -0.484. The quantitative estimate of drug-likeness (QED) is 0.762. The topological polar surface area (TPSA) is 93.5 Å². The molecule has 6 nitrogen and oxygen atoms in total. The monoisotopic (exact) mass is 371 g/mol. The van der Waals surface area contributed by atoms with Crippen LogP contribution in [0.4, 0.5) is 11.4 Å². The van der Waals surface area contributed by atoms with E-state index in [-0.39, 0.29) is 17.7 Å². The summed E-state index contributed by atoms with van der Waals surface area (Å²) in [4.78, 5) is 25.2. The number of hydrogen-bond donors (Lipinski definition) is 3. The van der Waals surface area contributed by atoms with Crippen LogP contribution in [0.25, 0.3) is 0 Å². The summed E-state index contributed by atoms with van der Waals surface area (Å²) in [6, 6.07) is 5.21. The first-order chi connectivity index (χ1) is 13.0. The number of carbonyl (C=O) groups is 2. The van der Waals surface area contributed by atoms with Crippen molar-refractivity contribution in [2.24, 2.45) is 17.6 Å². The van der Waals surface area contributed by atoms with Crippen molar-refractivity contribution in [3.8, 4) is 0 Å². The molecule has 2 aliphatic heterocycles. The fraction of sp³-hybridized carbons (Fsp3) is 0.619. The van der Waals surface area contributed by atoms with Crippen LogP contribution in [0.15, 0.2) is 18.2 Å². The predicted octanol–water partition coefficient (Wildman–Crippen LogP) is 2.78. The van der Waals surface area contributed by atoms with E-state index in [1.54, 1.807) is 0 Å². The molecular weight excluding hydrogens is 342 g/mol. The van der Waals surface area contributed by atoms with Gasteiger partial charge in [-0.1, -0.05) is 25.8 Å². The summed E-state index contributed by atoms with van der Waals surface area (Å²) in [6.07, 6.45) is 5.71. The Morgan fingerprint density at radius 2 is 1.96 bits per heavy atom. The lowest BCUT2D eigenvalue weighted by molar-refractivity contribution is -0.124. The average Bonchev–Trinajstić information content (AvgIpc) is 2.93. The number of nitrogens with two attached hydrogens (primary N) is 1. The van der Waals surface area contributed by atoms with Gasteiger partial charge in [0.25, 0.3) is 0 Å². The molecule has 0 aromatic heterocycles. The molecule has 1 aromatic carbocycles. The number of ether oxygens (including phenoxy) is 1. The predicted molar refractivity (Wildman–Crippen MR) is 105 cm³/mol. The lowest BCUT2D eigenvalue weighted by atomic mass is 9.75. The van der Waals surface area contributed by atoms with Gasteiger partial charge in [-0.25, -0.2) is 0 Å². The van der Waals surface area contributed by atoms with Crippen molar-refractivity contribution < 1.29 is 14.3 Å². The molecule has 1 spiro atoms. The molecule has 1 saturated carbocycles. The molecule has 2 amide bonds. The smallest absolute Gasteiger partial charge is 0.241 e. The summed E-state index contributed by atoms with van der Waals surface area (Å²) in [5.74, 6) is 0.882. The normalized spacial score (nSPS) is 27.7. The molecule has 0 bridgehead atoms. The molecule has 1 aromatic rings. The molecule has 4 N–H and O–H groups in total. The summed E-state index contributed by atoms with van der Waals surface area (Å²) in [6.45, 7) is 3.45. The molecule has 1 saturated heterocycles. The second-order valence-electron chi connectivity index (χ2n) is 8.44.